The minimum atomic E-state index is 0.761. The number of hydrogen-bond donors (Lipinski definition) is 2. The molecule has 2 aromatic heterocycles. The Morgan fingerprint density at radius 2 is 2.05 bits per heavy atom. The third-order valence-corrected chi connectivity index (χ3v) is 3.66. The summed E-state index contributed by atoms with van der Waals surface area (Å²) in [4.78, 5) is 7.70. The topological polar surface area (TPSA) is 40.7 Å². The molecule has 1 aliphatic carbocycles. The highest BCUT2D eigenvalue weighted by Crippen LogP contribution is 2.39. The molecule has 0 unspecified atom stereocenters. The van der Waals surface area contributed by atoms with E-state index in [-0.39, 0.29) is 0 Å². The zero-order chi connectivity index (χ0) is 12.7. The van der Waals surface area contributed by atoms with Crippen LogP contribution >= 0.6 is 0 Å². The number of rotatable bonds is 3. The summed E-state index contributed by atoms with van der Waals surface area (Å²) in [6.07, 6.45) is 6.58. The number of benzene rings is 1. The van der Waals surface area contributed by atoms with Crippen LogP contribution in [0.3, 0.4) is 0 Å². The number of pyridine rings is 1. The maximum Gasteiger partial charge on any atom is 0.130 e. The zero-order valence-electron chi connectivity index (χ0n) is 10.6. The van der Waals surface area contributed by atoms with Crippen molar-refractivity contribution in [2.45, 2.75) is 18.8 Å². The van der Waals surface area contributed by atoms with Crippen LogP contribution in [0.5, 0.6) is 0 Å². The summed E-state index contributed by atoms with van der Waals surface area (Å²) in [7, 11) is 0. The van der Waals surface area contributed by atoms with Crippen LogP contribution < -0.4 is 5.32 Å². The number of anilines is 2. The number of nitrogens with one attached hydrogen (secondary N) is 2. The van der Waals surface area contributed by atoms with Gasteiger partial charge in [-0.05, 0) is 54.0 Å². The third-order valence-electron chi connectivity index (χ3n) is 3.66. The lowest BCUT2D eigenvalue weighted by Crippen LogP contribution is -1.93. The fourth-order valence-electron chi connectivity index (χ4n) is 2.41. The molecular weight excluding hydrogens is 234 g/mol. The SMILES string of the molecule is c1cc2ccc(Nc3ccc(C4CC4)cn3)cc2[nH]1. The molecule has 0 bridgehead atoms. The van der Waals surface area contributed by atoms with E-state index in [0.717, 1.165) is 22.9 Å². The summed E-state index contributed by atoms with van der Waals surface area (Å²) in [5, 5.41) is 4.57. The van der Waals surface area contributed by atoms with Gasteiger partial charge in [0.15, 0.2) is 0 Å². The molecule has 0 saturated heterocycles. The fourth-order valence-corrected chi connectivity index (χ4v) is 2.41. The molecule has 1 aromatic carbocycles. The van der Waals surface area contributed by atoms with Crippen molar-refractivity contribution in [2.75, 3.05) is 5.32 Å². The Morgan fingerprint density at radius 1 is 1.11 bits per heavy atom. The molecule has 2 N–H and O–H groups in total. The molecule has 3 heteroatoms. The molecule has 4 rings (SSSR count). The van der Waals surface area contributed by atoms with E-state index in [4.69, 9.17) is 0 Å². The average Bonchev–Trinajstić information content (AvgIpc) is 3.18. The number of aromatic amines is 1. The zero-order valence-corrected chi connectivity index (χ0v) is 10.6. The molecule has 1 fully saturated rings. The van der Waals surface area contributed by atoms with E-state index < -0.39 is 0 Å². The van der Waals surface area contributed by atoms with Crippen molar-refractivity contribution in [1.29, 1.82) is 0 Å². The second kappa shape index (κ2) is 4.12. The summed E-state index contributed by atoms with van der Waals surface area (Å²) < 4.78 is 0. The second-order valence-corrected chi connectivity index (χ2v) is 5.16. The van der Waals surface area contributed by atoms with E-state index in [2.05, 4.69) is 51.7 Å². The summed E-state index contributed by atoms with van der Waals surface area (Å²) >= 11 is 0. The third kappa shape index (κ3) is 2.08. The van der Waals surface area contributed by atoms with Gasteiger partial charge in [0.1, 0.15) is 5.82 Å². The molecule has 2 heterocycles. The molecule has 0 aliphatic heterocycles. The molecule has 0 atom stereocenters. The van der Waals surface area contributed by atoms with Gasteiger partial charge in [0.2, 0.25) is 0 Å². The van der Waals surface area contributed by atoms with Crippen molar-refractivity contribution in [3.63, 3.8) is 0 Å². The van der Waals surface area contributed by atoms with Crippen LogP contribution in [-0.4, -0.2) is 9.97 Å². The molecule has 1 aliphatic rings. The standard InChI is InChI=1S/C16H15N3/c1-2-11(1)13-4-6-16(18-10-13)19-14-5-3-12-7-8-17-15(12)9-14/h3-11,17H,1-2H2,(H,18,19). The number of aromatic nitrogens is 2. The van der Waals surface area contributed by atoms with Crippen LogP contribution in [0.25, 0.3) is 10.9 Å². The highest BCUT2D eigenvalue weighted by Gasteiger charge is 2.23. The molecule has 0 amide bonds. The van der Waals surface area contributed by atoms with Gasteiger partial charge < -0.3 is 10.3 Å². The molecular formula is C16H15N3. The first-order valence-corrected chi connectivity index (χ1v) is 6.69. The Hall–Kier alpha value is -2.29. The van der Waals surface area contributed by atoms with Crippen LogP contribution in [0.4, 0.5) is 11.5 Å². The Labute approximate surface area is 111 Å². The molecule has 3 aromatic rings. The van der Waals surface area contributed by atoms with Gasteiger partial charge >= 0.3 is 0 Å². The first-order chi connectivity index (χ1) is 9.38. The van der Waals surface area contributed by atoms with Crippen LogP contribution in [0, 0.1) is 0 Å². The van der Waals surface area contributed by atoms with Crippen molar-refractivity contribution < 1.29 is 0 Å². The molecule has 19 heavy (non-hydrogen) atoms. The van der Waals surface area contributed by atoms with Gasteiger partial charge in [-0.2, -0.15) is 0 Å². The number of hydrogen-bond acceptors (Lipinski definition) is 2. The first-order valence-electron chi connectivity index (χ1n) is 6.69. The Bertz CT molecular complexity index is 708. The van der Waals surface area contributed by atoms with Gasteiger partial charge in [0.05, 0.1) is 0 Å². The lowest BCUT2D eigenvalue weighted by Gasteiger charge is -2.06. The normalized spacial score (nSPS) is 14.7. The van der Waals surface area contributed by atoms with E-state index in [1.807, 2.05) is 12.4 Å². The summed E-state index contributed by atoms with van der Waals surface area (Å²) in [6, 6.07) is 12.6. The quantitative estimate of drug-likeness (QED) is 0.731. The van der Waals surface area contributed by atoms with Gasteiger partial charge in [0.25, 0.3) is 0 Å². The second-order valence-electron chi connectivity index (χ2n) is 5.16. The van der Waals surface area contributed by atoms with Crippen LogP contribution in [0.2, 0.25) is 0 Å². The number of H-pyrrole nitrogens is 1. The average molecular weight is 249 g/mol. The summed E-state index contributed by atoms with van der Waals surface area (Å²) in [6.45, 7) is 0. The van der Waals surface area contributed by atoms with Gasteiger partial charge in [-0.1, -0.05) is 12.1 Å². The molecule has 0 radical (unpaired) electrons. The monoisotopic (exact) mass is 249 g/mol. The lowest BCUT2D eigenvalue weighted by molar-refractivity contribution is 1.09. The van der Waals surface area contributed by atoms with Crippen LogP contribution in [0.1, 0.15) is 24.3 Å². The van der Waals surface area contributed by atoms with Crippen LogP contribution in [0.15, 0.2) is 48.8 Å². The van der Waals surface area contributed by atoms with Gasteiger partial charge in [-0.25, -0.2) is 4.98 Å². The largest absolute Gasteiger partial charge is 0.361 e. The Morgan fingerprint density at radius 3 is 2.84 bits per heavy atom. The van der Waals surface area contributed by atoms with Crippen LogP contribution in [-0.2, 0) is 0 Å². The molecule has 94 valence electrons. The van der Waals surface area contributed by atoms with Gasteiger partial charge in [0, 0.05) is 23.6 Å². The first kappa shape index (κ1) is 10.6. The fraction of sp³-hybridized carbons (Fsp3) is 0.188. The van der Waals surface area contributed by atoms with E-state index in [1.165, 1.54) is 23.8 Å². The maximum absolute atomic E-state index is 4.48. The van der Waals surface area contributed by atoms with Gasteiger partial charge in [-0.15, -0.1) is 0 Å². The number of fused-ring (bicyclic) bond motifs is 1. The van der Waals surface area contributed by atoms with Crippen molar-refractivity contribution >= 4 is 22.4 Å². The minimum Gasteiger partial charge on any atom is -0.361 e. The molecule has 1 saturated carbocycles. The van der Waals surface area contributed by atoms with Crippen molar-refractivity contribution in [1.82, 2.24) is 9.97 Å². The maximum atomic E-state index is 4.48. The summed E-state index contributed by atoms with van der Waals surface area (Å²) in [5.41, 5.74) is 3.56. The lowest BCUT2D eigenvalue weighted by atomic mass is 10.2. The van der Waals surface area contributed by atoms with Gasteiger partial charge in [-0.3, -0.25) is 0 Å². The Kier molecular flexibility index (Phi) is 2.30. The van der Waals surface area contributed by atoms with E-state index >= 15 is 0 Å². The van der Waals surface area contributed by atoms with Crippen molar-refractivity contribution in [3.05, 3.63) is 54.4 Å². The van der Waals surface area contributed by atoms with E-state index in [0.29, 0.717) is 0 Å². The molecule has 0 spiro atoms. The molecule has 3 nitrogen and oxygen atoms in total. The Balaban J connectivity index is 1.58. The summed E-state index contributed by atoms with van der Waals surface area (Å²) in [5.74, 6) is 1.66. The van der Waals surface area contributed by atoms with E-state index in [9.17, 15) is 0 Å². The predicted octanol–water partition coefficient (Wildman–Crippen LogP) is 4.18. The number of nitrogens with zero attached hydrogens (tertiary/aromatic N) is 1. The smallest absolute Gasteiger partial charge is 0.130 e. The van der Waals surface area contributed by atoms with E-state index in [1.54, 1.807) is 0 Å². The van der Waals surface area contributed by atoms with Crippen molar-refractivity contribution in [3.8, 4) is 0 Å². The predicted molar refractivity (Wildman–Crippen MR) is 77.8 cm³/mol. The van der Waals surface area contributed by atoms with Crippen molar-refractivity contribution in [2.24, 2.45) is 0 Å². The highest BCUT2D eigenvalue weighted by atomic mass is 15.0. The minimum absolute atomic E-state index is 0.761. The highest BCUT2D eigenvalue weighted by molar-refractivity contribution is 5.83.